The zero-order chi connectivity index (χ0) is 21.4. The number of hydrogen-bond donors (Lipinski definition) is 1. The number of nitrogens with zero attached hydrogens (tertiary/aromatic N) is 6. The quantitative estimate of drug-likeness (QED) is 0.529. The van der Waals surface area contributed by atoms with Gasteiger partial charge in [0.05, 0.1) is 11.3 Å². The number of carbonyl (C=O) groups excluding carboxylic acids is 1. The maximum absolute atomic E-state index is 13.1. The summed E-state index contributed by atoms with van der Waals surface area (Å²) in [7, 11) is 0. The lowest BCUT2D eigenvalue weighted by molar-refractivity contribution is 0.0652. The fraction of sp³-hybridized carbons (Fsp3) is 0.190. The highest BCUT2D eigenvalue weighted by molar-refractivity contribution is 6.00. The predicted octanol–water partition coefficient (Wildman–Crippen LogP) is 3.71. The van der Waals surface area contributed by atoms with Crippen LogP contribution in [0.1, 0.15) is 28.9 Å². The van der Waals surface area contributed by atoms with E-state index in [4.69, 9.17) is 0 Å². The van der Waals surface area contributed by atoms with Gasteiger partial charge < -0.3 is 10.2 Å². The smallest absolute Gasteiger partial charge is 0.280 e. The van der Waals surface area contributed by atoms with Gasteiger partial charge in [-0.2, -0.15) is 0 Å². The Balaban J connectivity index is 1.56. The van der Waals surface area contributed by atoms with Gasteiger partial charge in [-0.1, -0.05) is 6.07 Å². The second kappa shape index (κ2) is 7.71. The van der Waals surface area contributed by atoms with E-state index in [1.807, 2.05) is 6.07 Å². The summed E-state index contributed by atoms with van der Waals surface area (Å²) >= 11 is 0. The molecule has 5 heterocycles. The lowest BCUT2D eigenvalue weighted by Gasteiger charge is -2.31. The molecule has 4 aromatic heterocycles. The molecular weight excluding hydrogens is 404 g/mol. The highest BCUT2D eigenvalue weighted by atomic mass is 19.3. The standard InChI is InChI=1S/C21H17F2N7O/c22-18(23)15-4-1-5-16(25-15)19-27-20(17-6-2-11-30(17)28-19)26-14-7-8-24-12-13(14)21(31)29-9-3-10-29/h1-2,4-8,11-12,18H,3,9-10H2,(H,24,26,27,28). The normalized spacial score (nSPS) is 13.5. The van der Waals surface area contributed by atoms with Crippen molar-refractivity contribution in [3.63, 3.8) is 0 Å². The SMILES string of the molecule is O=C(c1cnccc1Nc1nc(-c2cccc(C(F)F)n2)nn2cccc12)N1CCC1. The number of aromatic nitrogens is 5. The van der Waals surface area contributed by atoms with Gasteiger partial charge in [0.15, 0.2) is 5.82 Å². The Morgan fingerprint density at radius 1 is 1.10 bits per heavy atom. The summed E-state index contributed by atoms with van der Waals surface area (Å²) in [6.45, 7) is 1.44. The van der Waals surface area contributed by atoms with Crippen LogP contribution in [0.5, 0.6) is 0 Å². The van der Waals surface area contributed by atoms with E-state index in [9.17, 15) is 13.6 Å². The van der Waals surface area contributed by atoms with Crippen LogP contribution in [0, 0.1) is 0 Å². The Bertz CT molecular complexity index is 1270. The van der Waals surface area contributed by atoms with Crippen LogP contribution in [0.3, 0.4) is 0 Å². The Labute approximate surface area is 175 Å². The molecule has 0 aromatic carbocycles. The van der Waals surface area contributed by atoms with Crippen molar-refractivity contribution < 1.29 is 13.6 Å². The molecule has 0 spiro atoms. The Hall–Kier alpha value is -3.95. The summed E-state index contributed by atoms with van der Waals surface area (Å²) in [4.78, 5) is 27.1. The third-order valence-corrected chi connectivity index (χ3v) is 5.06. The molecule has 0 bridgehead atoms. The zero-order valence-electron chi connectivity index (χ0n) is 16.2. The highest BCUT2D eigenvalue weighted by Crippen LogP contribution is 2.27. The molecular formula is C21H17F2N7O. The van der Waals surface area contributed by atoms with Crippen molar-refractivity contribution in [2.75, 3.05) is 18.4 Å². The van der Waals surface area contributed by atoms with Gasteiger partial charge in [-0.15, -0.1) is 5.10 Å². The van der Waals surface area contributed by atoms with Crippen LogP contribution in [0.4, 0.5) is 20.3 Å². The van der Waals surface area contributed by atoms with Crippen LogP contribution in [-0.2, 0) is 0 Å². The van der Waals surface area contributed by atoms with Crippen molar-refractivity contribution in [3.8, 4) is 11.5 Å². The Kier molecular flexibility index (Phi) is 4.73. The third kappa shape index (κ3) is 3.56. The molecule has 1 saturated heterocycles. The molecule has 4 aromatic rings. The van der Waals surface area contributed by atoms with Crippen molar-refractivity contribution in [2.45, 2.75) is 12.8 Å². The second-order valence-electron chi connectivity index (χ2n) is 7.06. The molecule has 5 rings (SSSR count). The van der Waals surface area contributed by atoms with Crippen LogP contribution >= 0.6 is 0 Å². The fourth-order valence-corrected chi connectivity index (χ4v) is 3.32. The minimum atomic E-state index is -2.69. The topological polar surface area (TPSA) is 88.3 Å². The Morgan fingerprint density at radius 3 is 2.74 bits per heavy atom. The molecule has 0 saturated carbocycles. The van der Waals surface area contributed by atoms with Crippen LogP contribution in [0.15, 0.2) is 55.0 Å². The molecule has 1 aliphatic heterocycles. The number of halogens is 2. The van der Waals surface area contributed by atoms with E-state index in [2.05, 4.69) is 25.4 Å². The molecule has 1 aliphatic rings. The second-order valence-corrected chi connectivity index (χ2v) is 7.06. The molecule has 0 unspecified atom stereocenters. The number of fused-ring (bicyclic) bond motifs is 1. The molecule has 0 radical (unpaired) electrons. The van der Waals surface area contributed by atoms with E-state index in [-0.39, 0.29) is 23.1 Å². The number of pyridine rings is 2. The monoisotopic (exact) mass is 421 g/mol. The first-order chi connectivity index (χ1) is 15.1. The van der Waals surface area contributed by atoms with E-state index >= 15 is 0 Å². The van der Waals surface area contributed by atoms with Crippen LogP contribution < -0.4 is 5.32 Å². The summed E-state index contributed by atoms with van der Waals surface area (Å²) in [6.07, 6.45) is 3.12. The van der Waals surface area contributed by atoms with Gasteiger partial charge in [-0.3, -0.25) is 9.78 Å². The molecule has 1 amide bonds. The number of amides is 1. The molecule has 1 fully saturated rings. The van der Waals surface area contributed by atoms with Gasteiger partial charge in [0.2, 0.25) is 5.82 Å². The van der Waals surface area contributed by atoms with E-state index in [0.29, 0.717) is 22.6 Å². The number of anilines is 2. The third-order valence-electron chi connectivity index (χ3n) is 5.06. The van der Waals surface area contributed by atoms with Crippen molar-refractivity contribution >= 4 is 22.9 Å². The van der Waals surface area contributed by atoms with Gasteiger partial charge in [0.25, 0.3) is 12.3 Å². The minimum Gasteiger partial charge on any atom is -0.338 e. The summed E-state index contributed by atoms with van der Waals surface area (Å²) in [5.41, 5.74) is 1.52. The van der Waals surface area contributed by atoms with Crippen LogP contribution in [0.2, 0.25) is 0 Å². The maximum atomic E-state index is 13.1. The lowest BCUT2D eigenvalue weighted by atomic mass is 10.1. The summed E-state index contributed by atoms with van der Waals surface area (Å²) in [5, 5.41) is 7.58. The van der Waals surface area contributed by atoms with E-state index in [1.165, 1.54) is 18.3 Å². The molecule has 1 N–H and O–H groups in total. The maximum Gasteiger partial charge on any atom is 0.280 e. The van der Waals surface area contributed by atoms with E-state index in [1.54, 1.807) is 40.0 Å². The molecule has 8 nitrogen and oxygen atoms in total. The van der Waals surface area contributed by atoms with E-state index < -0.39 is 6.43 Å². The number of likely N-dealkylation sites (tertiary alicyclic amines) is 1. The van der Waals surface area contributed by atoms with Crippen LogP contribution in [0.25, 0.3) is 17.0 Å². The van der Waals surface area contributed by atoms with Crippen LogP contribution in [-0.4, -0.2) is 48.5 Å². The van der Waals surface area contributed by atoms with Gasteiger partial charge in [0.1, 0.15) is 16.9 Å². The first-order valence-corrected chi connectivity index (χ1v) is 9.71. The number of carbonyl (C=O) groups is 1. The average molecular weight is 421 g/mol. The first kappa shape index (κ1) is 19.0. The number of alkyl halides is 2. The van der Waals surface area contributed by atoms with Crippen molar-refractivity contribution in [2.24, 2.45) is 0 Å². The Morgan fingerprint density at radius 2 is 1.97 bits per heavy atom. The average Bonchev–Trinajstić information content (AvgIpc) is 3.22. The largest absolute Gasteiger partial charge is 0.338 e. The van der Waals surface area contributed by atoms with Crippen molar-refractivity contribution in [1.82, 2.24) is 29.5 Å². The summed E-state index contributed by atoms with van der Waals surface area (Å²) in [6, 6.07) is 9.63. The number of rotatable bonds is 5. The molecule has 31 heavy (non-hydrogen) atoms. The molecule has 0 atom stereocenters. The zero-order valence-corrected chi connectivity index (χ0v) is 16.2. The first-order valence-electron chi connectivity index (χ1n) is 9.71. The van der Waals surface area contributed by atoms with Gasteiger partial charge in [0, 0.05) is 31.7 Å². The molecule has 10 heteroatoms. The van der Waals surface area contributed by atoms with Gasteiger partial charge >= 0.3 is 0 Å². The molecule has 156 valence electrons. The highest BCUT2D eigenvalue weighted by Gasteiger charge is 2.24. The summed E-state index contributed by atoms with van der Waals surface area (Å²) in [5.74, 6) is 0.496. The fourth-order valence-electron chi connectivity index (χ4n) is 3.32. The molecule has 0 aliphatic carbocycles. The van der Waals surface area contributed by atoms with Gasteiger partial charge in [-0.05, 0) is 36.8 Å². The number of hydrogen-bond acceptors (Lipinski definition) is 6. The van der Waals surface area contributed by atoms with E-state index in [0.717, 1.165) is 19.5 Å². The van der Waals surface area contributed by atoms with Gasteiger partial charge in [-0.25, -0.2) is 23.3 Å². The summed E-state index contributed by atoms with van der Waals surface area (Å²) < 4.78 is 27.8. The lowest BCUT2D eigenvalue weighted by Crippen LogP contribution is -2.42. The van der Waals surface area contributed by atoms with Crippen molar-refractivity contribution in [1.29, 1.82) is 0 Å². The minimum absolute atomic E-state index is 0.103. The predicted molar refractivity (Wildman–Crippen MR) is 109 cm³/mol. The number of nitrogens with one attached hydrogen (secondary N) is 1. The van der Waals surface area contributed by atoms with Crippen molar-refractivity contribution in [3.05, 3.63) is 66.2 Å².